The van der Waals surface area contributed by atoms with Crippen LogP contribution in [-0.2, 0) is 16.8 Å². The topological polar surface area (TPSA) is 82.9 Å². The molecular formula is C17H16F2N4O2. The highest BCUT2D eigenvalue weighted by molar-refractivity contribution is 5.87. The summed E-state index contributed by atoms with van der Waals surface area (Å²) in [6.07, 6.45) is 1.05. The van der Waals surface area contributed by atoms with Crippen molar-refractivity contribution in [3.8, 4) is 0 Å². The molecule has 25 heavy (non-hydrogen) atoms. The van der Waals surface area contributed by atoms with Crippen molar-refractivity contribution in [2.75, 3.05) is 0 Å². The maximum Gasteiger partial charge on any atom is 0.347 e. The van der Waals surface area contributed by atoms with Gasteiger partial charge >= 0.3 is 5.69 Å². The Morgan fingerprint density at radius 3 is 2.52 bits per heavy atom. The van der Waals surface area contributed by atoms with Gasteiger partial charge in [0.1, 0.15) is 16.8 Å². The van der Waals surface area contributed by atoms with Gasteiger partial charge in [-0.15, -0.1) is 0 Å². The number of nitrogens with zero attached hydrogens (tertiary/aromatic N) is 3. The second-order valence-corrected chi connectivity index (χ2v) is 7.35. The first-order valence-corrected chi connectivity index (χ1v) is 8.28. The number of alkyl halides is 2. The third kappa shape index (κ3) is 1.40. The van der Waals surface area contributed by atoms with Crippen molar-refractivity contribution in [1.29, 1.82) is 0 Å². The number of hydrogen-bond donors (Lipinski definition) is 1. The minimum atomic E-state index is -3.33. The number of nitrogens with two attached hydrogens (primary N) is 1. The van der Waals surface area contributed by atoms with E-state index in [9.17, 15) is 18.4 Å². The molecule has 2 N–H and O–H groups in total. The van der Waals surface area contributed by atoms with Crippen LogP contribution in [0.2, 0.25) is 0 Å². The Morgan fingerprint density at radius 2 is 1.92 bits per heavy atom. The van der Waals surface area contributed by atoms with Gasteiger partial charge in [0, 0.05) is 6.42 Å². The summed E-state index contributed by atoms with van der Waals surface area (Å²) in [4.78, 5) is 24.3. The van der Waals surface area contributed by atoms with Crippen LogP contribution in [0.5, 0.6) is 0 Å². The molecule has 6 nitrogen and oxygen atoms in total. The van der Waals surface area contributed by atoms with Crippen molar-refractivity contribution in [1.82, 2.24) is 14.3 Å². The number of aryl methyl sites for hydroxylation is 1. The molecule has 2 aromatic rings. The molecule has 0 radical (unpaired) electrons. The lowest BCUT2D eigenvalue weighted by molar-refractivity contribution is -0.381. The zero-order chi connectivity index (χ0) is 17.6. The molecule has 2 heterocycles. The Morgan fingerprint density at radius 1 is 1.24 bits per heavy atom. The highest BCUT2D eigenvalue weighted by Crippen LogP contribution is 2.79. The average Bonchev–Trinajstić information content (AvgIpc) is 3.08. The summed E-state index contributed by atoms with van der Waals surface area (Å²) < 4.78 is 31.6. The fraction of sp³-hybridized carbons (Fsp3) is 0.471. The monoisotopic (exact) mass is 346 g/mol. The van der Waals surface area contributed by atoms with Gasteiger partial charge in [-0.1, -0.05) is 30.3 Å². The van der Waals surface area contributed by atoms with Crippen molar-refractivity contribution >= 4 is 5.91 Å². The fourth-order valence-electron chi connectivity index (χ4n) is 4.80. The molecule has 3 aliphatic carbocycles. The number of benzene rings is 1. The number of rotatable bonds is 3. The van der Waals surface area contributed by atoms with Crippen LogP contribution in [0, 0.1) is 5.41 Å². The summed E-state index contributed by atoms with van der Waals surface area (Å²) in [5, 5.41) is 4.22. The van der Waals surface area contributed by atoms with Crippen LogP contribution in [0.4, 0.5) is 8.78 Å². The first-order chi connectivity index (χ1) is 11.8. The fourth-order valence-corrected chi connectivity index (χ4v) is 4.80. The molecule has 3 fully saturated rings. The molecule has 1 amide bonds. The molecule has 0 saturated heterocycles. The van der Waals surface area contributed by atoms with E-state index in [0.29, 0.717) is 12.2 Å². The first kappa shape index (κ1) is 14.8. The van der Waals surface area contributed by atoms with Gasteiger partial charge in [-0.25, -0.2) is 18.3 Å². The molecule has 2 bridgehead atoms. The molecule has 1 atom stereocenters. The highest BCUT2D eigenvalue weighted by atomic mass is 19.3. The maximum absolute atomic E-state index is 14.6. The third-order valence-corrected chi connectivity index (χ3v) is 6.27. The van der Waals surface area contributed by atoms with E-state index in [4.69, 9.17) is 5.73 Å². The minimum Gasteiger partial charge on any atom is -0.369 e. The Balaban J connectivity index is 1.58. The molecule has 1 unspecified atom stereocenters. The van der Waals surface area contributed by atoms with E-state index < -0.39 is 28.5 Å². The molecule has 1 aromatic heterocycles. The number of halogens is 2. The normalized spacial score (nSPS) is 34.1. The molecule has 0 spiro atoms. The molecule has 1 aliphatic heterocycles. The van der Waals surface area contributed by atoms with Gasteiger partial charge in [-0.2, -0.15) is 5.10 Å². The third-order valence-electron chi connectivity index (χ3n) is 6.27. The van der Waals surface area contributed by atoms with E-state index in [1.165, 1.54) is 4.57 Å². The first-order valence-electron chi connectivity index (χ1n) is 8.28. The van der Waals surface area contributed by atoms with Crippen molar-refractivity contribution in [3.05, 3.63) is 52.2 Å². The lowest BCUT2D eigenvalue weighted by Crippen LogP contribution is -2.87. The summed E-state index contributed by atoms with van der Waals surface area (Å²) in [6.45, 7) is 0. The smallest absolute Gasteiger partial charge is 0.347 e. The van der Waals surface area contributed by atoms with Crippen LogP contribution in [-0.4, -0.2) is 26.2 Å². The summed E-state index contributed by atoms with van der Waals surface area (Å²) in [6, 6.07) is 9.30. The van der Waals surface area contributed by atoms with Gasteiger partial charge in [0.15, 0.2) is 0 Å². The van der Waals surface area contributed by atoms with E-state index in [-0.39, 0.29) is 18.9 Å². The molecule has 4 aliphatic rings. The van der Waals surface area contributed by atoms with Gasteiger partial charge in [-0.3, -0.25) is 9.36 Å². The Hall–Kier alpha value is -2.51. The van der Waals surface area contributed by atoms with E-state index in [1.54, 1.807) is 0 Å². The zero-order valence-electron chi connectivity index (χ0n) is 13.3. The van der Waals surface area contributed by atoms with E-state index in [1.807, 2.05) is 30.3 Å². The lowest BCUT2D eigenvalue weighted by atomic mass is 9.36. The summed E-state index contributed by atoms with van der Waals surface area (Å²) in [5.74, 6) is -3.80. The van der Waals surface area contributed by atoms with Gasteiger partial charge < -0.3 is 5.73 Å². The van der Waals surface area contributed by atoms with Crippen LogP contribution in [0.1, 0.15) is 36.7 Å². The van der Waals surface area contributed by atoms with Crippen molar-refractivity contribution in [2.24, 2.45) is 11.1 Å². The second-order valence-electron chi connectivity index (χ2n) is 7.35. The minimum absolute atomic E-state index is 0.116. The Kier molecular flexibility index (Phi) is 2.47. The summed E-state index contributed by atoms with van der Waals surface area (Å²) >= 11 is 0. The standard InChI is InChI=1S/C17H16F2N4O2/c18-17(19)15(13(20)24)8-16(17,9-15)23-14(25)22-11(6-7-12(22)21-23)10-4-2-1-3-5-10/h1-5,11H,6-9H2,(H2,20,24). The largest absolute Gasteiger partial charge is 0.369 e. The van der Waals surface area contributed by atoms with Crippen LogP contribution >= 0.6 is 0 Å². The maximum atomic E-state index is 14.6. The van der Waals surface area contributed by atoms with Crippen LogP contribution < -0.4 is 11.4 Å². The quantitative estimate of drug-likeness (QED) is 0.906. The van der Waals surface area contributed by atoms with Gasteiger partial charge in [0.2, 0.25) is 5.91 Å². The second kappa shape index (κ2) is 4.17. The molecule has 1 aromatic carbocycles. The number of aromatic nitrogens is 3. The number of carbonyl (C=O) groups is 1. The van der Waals surface area contributed by atoms with E-state index in [2.05, 4.69) is 5.10 Å². The van der Waals surface area contributed by atoms with Crippen LogP contribution in [0.15, 0.2) is 35.1 Å². The van der Waals surface area contributed by atoms with Crippen molar-refractivity contribution in [3.63, 3.8) is 0 Å². The summed E-state index contributed by atoms with van der Waals surface area (Å²) in [7, 11) is 0. The van der Waals surface area contributed by atoms with E-state index in [0.717, 1.165) is 16.7 Å². The van der Waals surface area contributed by atoms with Crippen LogP contribution in [0.3, 0.4) is 0 Å². The lowest BCUT2D eigenvalue weighted by Gasteiger charge is -2.72. The predicted octanol–water partition coefficient (Wildman–Crippen LogP) is 1.19. The number of hydrogen-bond acceptors (Lipinski definition) is 3. The van der Waals surface area contributed by atoms with Crippen LogP contribution in [0.25, 0.3) is 0 Å². The number of carbonyl (C=O) groups excluding carboxylic acids is 1. The van der Waals surface area contributed by atoms with E-state index >= 15 is 0 Å². The van der Waals surface area contributed by atoms with Gasteiger partial charge in [-0.05, 0) is 24.8 Å². The number of amides is 1. The molecule has 130 valence electrons. The highest BCUT2D eigenvalue weighted by Gasteiger charge is 2.93. The van der Waals surface area contributed by atoms with Crippen molar-refractivity contribution in [2.45, 2.75) is 43.2 Å². The Bertz CT molecular complexity index is 957. The predicted molar refractivity (Wildman–Crippen MR) is 83.2 cm³/mol. The number of primary amides is 1. The summed E-state index contributed by atoms with van der Waals surface area (Å²) in [5.41, 5.74) is 2.09. The number of fused-ring (bicyclic) bond motifs is 1. The van der Waals surface area contributed by atoms with Gasteiger partial charge in [0.05, 0.1) is 6.04 Å². The van der Waals surface area contributed by atoms with Gasteiger partial charge in [0.25, 0.3) is 5.92 Å². The molecular weight excluding hydrogens is 330 g/mol. The zero-order valence-corrected chi connectivity index (χ0v) is 13.3. The van der Waals surface area contributed by atoms with Crippen molar-refractivity contribution < 1.29 is 13.6 Å². The molecule has 6 rings (SSSR count). The SMILES string of the molecule is NC(=O)C12CC(n3nc4n(c3=O)C(c3ccccc3)CC4)(C1)C2(F)F. The molecule has 3 saturated carbocycles. The Labute approximate surface area is 141 Å². The average molecular weight is 346 g/mol. The molecule has 8 heteroatoms.